The zero-order valence-corrected chi connectivity index (χ0v) is 19.3. The van der Waals surface area contributed by atoms with Crippen molar-refractivity contribution in [2.75, 3.05) is 28.7 Å². The molecule has 0 saturated carbocycles. The van der Waals surface area contributed by atoms with Crippen LogP contribution in [0.4, 0.5) is 21.9 Å². The highest BCUT2D eigenvalue weighted by molar-refractivity contribution is 6.08. The molecule has 7 nitrogen and oxygen atoms in total. The molecule has 3 aromatic rings. The quantitative estimate of drug-likeness (QED) is 0.513. The first-order chi connectivity index (χ1) is 16.4. The molecule has 0 radical (unpaired) electrons. The van der Waals surface area contributed by atoms with Crippen LogP contribution in [0.3, 0.4) is 0 Å². The topological polar surface area (TPSA) is 87.7 Å². The molecule has 1 heterocycles. The van der Waals surface area contributed by atoms with Crippen molar-refractivity contribution in [3.63, 3.8) is 0 Å². The number of carbonyl (C=O) groups excluding carboxylic acids is 3. The molecule has 4 rings (SSSR count). The zero-order valence-electron chi connectivity index (χ0n) is 19.3. The van der Waals surface area contributed by atoms with Gasteiger partial charge in [0.05, 0.1) is 13.0 Å². The fourth-order valence-electron chi connectivity index (χ4n) is 3.90. The average molecular weight is 458 g/mol. The Hall–Kier alpha value is -4.13. The smallest absolute Gasteiger partial charge is 0.323 e. The summed E-state index contributed by atoms with van der Waals surface area (Å²) >= 11 is 0. The molecule has 0 bridgehead atoms. The number of urea groups is 1. The number of rotatable bonds is 6. The second-order valence-electron chi connectivity index (χ2n) is 8.17. The van der Waals surface area contributed by atoms with Gasteiger partial charge in [-0.1, -0.05) is 35.9 Å². The van der Waals surface area contributed by atoms with E-state index in [0.717, 1.165) is 28.8 Å². The second-order valence-corrected chi connectivity index (χ2v) is 8.17. The third kappa shape index (κ3) is 5.43. The normalized spacial score (nSPS) is 12.1. The van der Waals surface area contributed by atoms with E-state index < -0.39 is 6.03 Å². The summed E-state index contributed by atoms with van der Waals surface area (Å²) in [6, 6.07) is 19.8. The minimum atomic E-state index is -0.396. The van der Waals surface area contributed by atoms with E-state index in [1.807, 2.05) is 49.4 Å². The number of esters is 1. The molecule has 34 heavy (non-hydrogen) atoms. The monoisotopic (exact) mass is 457 g/mol. The number of ether oxygens (including phenoxy) is 1. The van der Waals surface area contributed by atoms with Crippen LogP contribution in [0.2, 0.25) is 0 Å². The number of benzene rings is 3. The second kappa shape index (κ2) is 10.2. The van der Waals surface area contributed by atoms with Gasteiger partial charge in [-0.15, -0.1) is 0 Å². The van der Waals surface area contributed by atoms with Gasteiger partial charge in [-0.2, -0.15) is 0 Å². The van der Waals surface area contributed by atoms with Crippen molar-refractivity contribution in [1.82, 2.24) is 0 Å². The Bertz CT molecular complexity index is 1200. The summed E-state index contributed by atoms with van der Waals surface area (Å²) in [5, 5.41) is 5.61. The van der Waals surface area contributed by atoms with Gasteiger partial charge in [-0.3, -0.25) is 9.59 Å². The number of carbonyl (C=O) groups is 3. The fraction of sp³-hybridized carbons (Fsp3) is 0.222. The van der Waals surface area contributed by atoms with E-state index in [-0.39, 0.29) is 18.3 Å². The molecule has 0 saturated heterocycles. The molecular formula is C27H27N3O4. The molecule has 0 spiro atoms. The lowest BCUT2D eigenvalue weighted by Gasteiger charge is -2.18. The number of nitrogens with zero attached hydrogens (tertiary/aromatic N) is 1. The average Bonchev–Trinajstić information content (AvgIpc) is 3.24. The molecule has 0 aromatic heterocycles. The minimum Gasteiger partial charge on any atom is -0.466 e. The SMILES string of the molecule is CCOC(=O)Cc1ccc(NC(=O)Nc2ccc3c(c2)N(C(=O)c2ccc(C)cc2)CC3)cc1. The number of hydrogen-bond acceptors (Lipinski definition) is 4. The van der Waals surface area contributed by atoms with E-state index in [1.54, 1.807) is 36.1 Å². The Labute approximate surface area is 198 Å². The predicted octanol–water partition coefficient (Wildman–Crippen LogP) is 4.95. The van der Waals surface area contributed by atoms with E-state index in [2.05, 4.69) is 10.6 Å². The van der Waals surface area contributed by atoms with Gasteiger partial charge in [0.1, 0.15) is 0 Å². The van der Waals surface area contributed by atoms with Crippen LogP contribution in [-0.4, -0.2) is 31.1 Å². The number of amides is 3. The van der Waals surface area contributed by atoms with Gasteiger partial charge in [0, 0.05) is 29.2 Å². The van der Waals surface area contributed by atoms with Crippen molar-refractivity contribution in [2.45, 2.75) is 26.7 Å². The van der Waals surface area contributed by atoms with Gasteiger partial charge in [-0.25, -0.2) is 4.79 Å². The van der Waals surface area contributed by atoms with Crippen LogP contribution in [-0.2, 0) is 22.4 Å². The van der Waals surface area contributed by atoms with Gasteiger partial charge >= 0.3 is 12.0 Å². The summed E-state index contributed by atoms with van der Waals surface area (Å²) in [5.74, 6) is -0.337. The van der Waals surface area contributed by atoms with E-state index in [9.17, 15) is 14.4 Å². The minimum absolute atomic E-state index is 0.0525. The first kappa shape index (κ1) is 23.0. The van der Waals surface area contributed by atoms with Crippen LogP contribution in [0.25, 0.3) is 0 Å². The van der Waals surface area contributed by atoms with E-state index in [0.29, 0.717) is 30.1 Å². The predicted molar refractivity (Wildman–Crippen MR) is 132 cm³/mol. The van der Waals surface area contributed by atoms with Crippen LogP contribution < -0.4 is 15.5 Å². The Balaban J connectivity index is 1.40. The fourth-order valence-corrected chi connectivity index (χ4v) is 3.90. The third-order valence-electron chi connectivity index (χ3n) is 5.65. The summed E-state index contributed by atoms with van der Waals surface area (Å²) in [6.45, 7) is 4.71. The lowest BCUT2D eigenvalue weighted by Crippen LogP contribution is -2.29. The van der Waals surface area contributed by atoms with Gasteiger partial charge in [0.2, 0.25) is 0 Å². The number of fused-ring (bicyclic) bond motifs is 1. The molecule has 174 valence electrons. The maximum Gasteiger partial charge on any atom is 0.323 e. The largest absolute Gasteiger partial charge is 0.466 e. The van der Waals surface area contributed by atoms with Crippen LogP contribution in [0.5, 0.6) is 0 Å². The molecule has 3 amide bonds. The van der Waals surface area contributed by atoms with Gasteiger partial charge in [-0.05, 0) is 67.8 Å². The summed E-state index contributed by atoms with van der Waals surface area (Å²) < 4.78 is 4.95. The maximum absolute atomic E-state index is 13.0. The lowest BCUT2D eigenvalue weighted by molar-refractivity contribution is -0.142. The van der Waals surface area contributed by atoms with Crippen molar-refractivity contribution in [2.24, 2.45) is 0 Å². The van der Waals surface area contributed by atoms with E-state index in [4.69, 9.17) is 4.74 Å². The zero-order chi connectivity index (χ0) is 24.1. The van der Waals surface area contributed by atoms with Gasteiger partial charge in [0.25, 0.3) is 5.91 Å². The summed E-state index contributed by atoms with van der Waals surface area (Å²) in [4.78, 5) is 38.9. The molecule has 1 aliphatic heterocycles. The Morgan fingerprint density at radius 3 is 2.29 bits per heavy atom. The third-order valence-corrected chi connectivity index (χ3v) is 5.65. The molecular weight excluding hydrogens is 430 g/mol. The summed E-state index contributed by atoms with van der Waals surface area (Å²) in [6.07, 6.45) is 0.963. The number of anilines is 3. The van der Waals surface area contributed by atoms with E-state index >= 15 is 0 Å². The number of hydrogen-bond donors (Lipinski definition) is 2. The molecule has 0 atom stereocenters. The Kier molecular flexibility index (Phi) is 6.92. The van der Waals surface area contributed by atoms with Gasteiger partial charge < -0.3 is 20.3 Å². The maximum atomic E-state index is 13.0. The molecule has 3 aromatic carbocycles. The van der Waals surface area contributed by atoms with Crippen molar-refractivity contribution in [1.29, 1.82) is 0 Å². The molecule has 7 heteroatoms. The van der Waals surface area contributed by atoms with Crippen molar-refractivity contribution < 1.29 is 19.1 Å². The standard InChI is InChI=1S/C27H27N3O4/c1-3-34-25(31)16-19-6-11-22(12-7-19)28-27(33)29-23-13-10-20-14-15-30(24(20)17-23)26(32)21-8-4-18(2)5-9-21/h4-13,17H,3,14-16H2,1-2H3,(H2,28,29,33). The highest BCUT2D eigenvalue weighted by atomic mass is 16.5. The number of aryl methyl sites for hydroxylation is 1. The van der Waals surface area contributed by atoms with Crippen LogP contribution in [0, 0.1) is 6.92 Å². The first-order valence-electron chi connectivity index (χ1n) is 11.3. The summed E-state index contributed by atoms with van der Waals surface area (Å²) in [7, 11) is 0. The van der Waals surface area contributed by atoms with Crippen molar-refractivity contribution in [3.05, 3.63) is 89.0 Å². The highest BCUT2D eigenvalue weighted by Crippen LogP contribution is 2.32. The first-order valence-corrected chi connectivity index (χ1v) is 11.3. The van der Waals surface area contributed by atoms with Gasteiger partial charge in [0.15, 0.2) is 0 Å². The lowest BCUT2D eigenvalue weighted by atomic mass is 10.1. The van der Waals surface area contributed by atoms with E-state index in [1.165, 1.54) is 0 Å². The van der Waals surface area contributed by atoms with Crippen LogP contribution in [0.15, 0.2) is 66.7 Å². The summed E-state index contributed by atoms with van der Waals surface area (Å²) in [5.41, 5.74) is 5.63. The number of nitrogens with one attached hydrogen (secondary N) is 2. The van der Waals surface area contributed by atoms with Crippen LogP contribution >= 0.6 is 0 Å². The van der Waals surface area contributed by atoms with Crippen molar-refractivity contribution >= 4 is 35.0 Å². The molecule has 1 aliphatic rings. The van der Waals surface area contributed by atoms with Crippen LogP contribution in [0.1, 0.15) is 34.0 Å². The van der Waals surface area contributed by atoms with Crippen molar-refractivity contribution in [3.8, 4) is 0 Å². The molecule has 0 fully saturated rings. The Morgan fingerprint density at radius 1 is 0.912 bits per heavy atom. The highest BCUT2D eigenvalue weighted by Gasteiger charge is 2.26. The molecule has 0 aliphatic carbocycles. The Morgan fingerprint density at radius 2 is 1.59 bits per heavy atom. The molecule has 0 unspecified atom stereocenters. The molecule has 2 N–H and O–H groups in total.